The normalized spacial score (nSPS) is 17.4. The van der Waals surface area contributed by atoms with Crippen LogP contribution in [0.2, 0.25) is 0 Å². The van der Waals surface area contributed by atoms with Crippen LogP contribution in [0.15, 0.2) is 30.3 Å². The van der Waals surface area contributed by atoms with Crippen LogP contribution in [0.4, 0.5) is 5.69 Å². The number of ether oxygens (including phenoxy) is 1. The molecule has 0 atom stereocenters. The number of carbonyl (C=O) groups is 1. The van der Waals surface area contributed by atoms with Gasteiger partial charge in [-0.2, -0.15) is 0 Å². The second-order valence-electron chi connectivity index (χ2n) is 5.58. The maximum Gasteiger partial charge on any atom is 0.332 e. The third-order valence-corrected chi connectivity index (χ3v) is 2.70. The fourth-order valence-corrected chi connectivity index (χ4v) is 1.68. The zero-order valence-electron chi connectivity index (χ0n) is 10.6. The van der Waals surface area contributed by atoms with Crippen molar-refractivity contribution in [3.8, 4) is 0 Å². The minimum Gasteiger partial charge on any atom is -0.458 e. The van der Waals surface area contributed by atoms with Crippen molar-refractivity contribution in [1.82, 2.24) is 0 Å². The fourth-order valence-electron chi connectivity index (χ4n) is 1.68. The van der Waals surface area contributed by atoms with Gasteiger partial charge in [0.25, 0.3) is 0 Å². The number of nitrogens with one attached hydrogen (secondary N) is 1. The number of esters is 1. The quantitative estimate of drug-likeness (QED) is 0.816. The lowest BCUT2D eigenvalue weighted by atomic mass is 10.1. The highest BCUT2D eigenvalue weighted by Gasteiger charge is 2.52. The van der Waals surface area contributed by atoms with E-state index in [1.54, 1.807) is 0 Å². The molecule has 0 aliphatic heterocycles. The standard InChI is InChI=1S/C14H19NO2/c1-13(2,3)17-12(16)14(9-10-14)15-11-7-5-4-6-8-11/h4-8,15H,9-10H2,1-3H3. The summed E-state index contributed by atoms with van der Waals surface area (Å²) in [6.45, 7) is 5.68. The van der Waals surface area contributed by atoms with Crippen LogP contribution in [0.5, 0.6) is 0 Å². The first kappa shape index (κ1) is 12.0. The molecule has 1 aromatic rings. The van der Waals surface area contributed by atoms with Crippen molar-refractivity contribution in [2.45, 2.75) is 44.8 Å². The van der Waals surface area contributed by atoms with Gasteiger partial charge in [0.05, 0.1) is 0 Å². The summed E-state index contributed by atoms with van der Waals surface area (Å²) in [6, 6.07) is 9.79. The van der Waals surface area contributed by atoms with Crippen LogP contribution in [0.1, 0.15) is 33.6 Å². The van der Waals surface area contributed by atoms with E-state index in [2.05, 4.69) is 5.32 Å². The predicted octanol–water partition coefficient (Wildman–Crippen LogP) is 2.97. The van der Waals surface area contributed by atoms with Crippen LogP contribution < -0.4 is 5.32 Å². The molecule has 1 aliphatic carbocycles. The van der Waals surface area contributed by atoms with Gasteiger partial charge in [0.2, 0.25) is 0 Å². The molecule has 3 nitrogen and oxygen atoms in total. The number of hydrogen-bond donors (Lipinski definition) is 1. The molecule has 0 unspecified atom stereocenters. The third-order valence-electron chi connectivity index (χ3n) is 2.70. The van der Waals surface area contributed by atoms with Crippen LogP contribution in [-0.4, -0.2) is 17.1 Å². The van der Waals surface area contributed by atoms with Crippen molar-refractivity contribution < 1.29 is 9.53 Å². The molecule has 1 aliphatic rings. The number of carbonyl (C=O) groups excluding carboxylic acids is 1. The summed E-state index contributed by atoms with van der Waals surface area (Å²) < 4.78 is 5.44. The summed E-state index contributed by atoms with van der Waals surface area (Å²) in [5, 5.41) is 3.28. The highest BCUT2D eigenvalue weighted by molar-refractivity contribution is 5.88. The summed E-state index contributed by atoms with van der Waals surface area (Å²) >= 11 is 0. The summed E-state index contributed by atoms with van der Waals surface area (Å²) in [6.07, 6.45) is 1.69. The molecule has 0 amide bonds. The van der Waals surface area contributed by atoms with Gasteiger partial charge < -0.3 is 10.1 Å². The van der Waals surface area contributed by atoms with Crippen molar-refractivity contribution in [3.63, 3.8) is 0 Å². The molecule has 92 valence electrons. The van der Waals surface area contributed by atoms with E-state index in [4.69, 9.17) is 4.74 Å². The van der Waals surface area contributed by atoms with Gasteiger partial charge >= 0.3 is 5.97 Å². The summed E-state index contributed by atoms with van der Waals surface area (Å²) in [4.78, 5) is 12.1. The number of rotatable bonds is 3. The number of anilines is 1. The largest absolute Gasteiger partial charge is 0.458 e. The van der Waals surface area contributed by atoms with Crippen molar-refractivity contribution in [2.24, 2.45) is 0 Å². The molecule has 1 saturated carbocycles. The van der Waals surface area contributed by atoms with Gasteiger partial charge in [-0.3, -0.25) is 0 Å². The van der Waals surface area contributed by atoms with Crippen molar-refractivity contribution >= 4 is 11.7 Å². The lowest BCUT2D eigenvalue weighted by Crippen LogP contribution is -2.38. The van der Waals surface area contributed by atoms with E-state index >= 15 is 0 Å². The average Bonchev–Trinajstić information content (AvgIpc) is 2.98. The Morgan fingerprint density at radius 1 is 1.24 bits per heavy atom. The average molecular weight is 233 g/mol. The summed E-state index contributed by atoms with van der Waals surface area (Å²) in [5.41, 5.74) is 0.0514. The van der Waals surface area contributed by atoms with Gasteiger partial charge in [-0.1, -0.05) is 18.2 Å². The lowest BCUT2D eigenvalue weighted by molar-refractivity contribution is -0.156. The van der Waals surface area contributed by atoms with Crippen LogP contribution >= 0.6 is 0 Å². The highest BCUT2D eigenvalue weighted by Crippen LogP contribution is 2.40. The minimum atomic E-state index is -0.491. The Bertz CT molecular complexity index is 402. The SMILES string of the molecule is CC(C)(C)OC(=O)C1(Nc2ccccc2)CC1. The van der Waals surface area contributed by atoms with Crippen LogP contribution in [-0.2, 0) is 9.53 Å². The van der Waals surface area contributed by atoms with E-state index < -0.39 is 11.1 Å². The monoisotopic (exact) mass is 233 g/mol. The Kier molecular flexibility index (Phi) is 2.86. The van der Waals surface area contributed by atoms with Crippen LogP contribution in [0, 0.1) is 0 Å². The zero-order chi connectivity index (χ0) is 12.5. The molecule has 17 heavy (non-hydrogen) atoms. The Hall–Kier alpha value is -1.51. The third kappa shape index (κ3) is 2.99. The first-order valence-electron chi connectivity index (χ1n) is 5.98. The Morgan fingerprint density at radius 3 is 2.29 bits per heavy atom. The van der Waals surface area contributed by atoms with Gasteiger partial charge in [-0.05, 0) is 45.7 Å². The molecular weight excluding hydrogens is 214 g/mol. The van der Waals surface area contributed by atoms with Gasteiger partial charge in [0.15, 0.2) is 0 Å². The maximum absolute atomic E-state index is 12.1. The Morgan fingerprint density at radius 2 is 1.82 bits per heavy atom. The molecule has 0 bridgehead atoms. The molecule has 0 aromatic heterocycles. The van der Waals surface area contributed by atoms with Gasteiger partial charge in [-0.15, -0.1) is 0 Å². The zero-order valence-corrected chi connectivity index (χ0v) is 10.6. The van der Waals surface area contributed by atoms with E-state index in [0.717, 1.165) is 18.5 Å². The highest BCUT2D eigenvalue weighted by atomic mass is 16.6. The van der Waals surface area contributed by atoms with E-state index in [1.807, 2.05) is 51.1 Å². The van der Waals surface area contributed by atoms with Gasteiger partial charge in [0.1, 0.15) is 11.1 Å². The van der Waals surface area contributed by atoms with E-state index in [1.165, 1.54) is 0 Å². The van der Waals surface area contributed by atoms with E-state index in [9.17, 15) is 4.79 Å². The molecular formula is C14H19NO2. The Balaban J connectivity index is 2.03. The molecule has 2 rings (SSSR count). The summed E-state index contributed by atoms with van der Waals surface area (Å²) in [7, 11) is 0. The fraction of sp³-hybridized carbons (Fsp3) is 0.500. The maximum atomic E-state index is 12.1. The van der Waals surface area contributed by atoms with Gasteiger partial charge in [0, 0.05) is 5.69 Å². The van der Waals surface area contributed by atoms with Crippen LogP contribution in [0.3, 0.4) is 0 Å². The number of para-hydroxylation sites is 1. The van der Waals surface area contributed by atoms with Gasteiger partial charge in [-0.25, -0.2) is 4.79 Å². The molecule has 3 heteroatoms. The predicted molar refractivity (Wildman–Crippen MR) is 67.9 cm³/mol. The Labute approximate surface area is 102 Å². The molecule has 1 N–H and O–H groups in total. The molecule has 0 spiro atoms. The number of benzene rings is 1. The second kappa shape index (κ2) is 4.06. The summed E-state index contributed by atoms with van der Waals surface area (Å²) in [5.74, 6) is -0.145. The van der Waals surface area contributed by atoms with Crippen molar-refractivity contribution in [1.29, 1.82) is 0 Å². The molecule has 1 fully saturated rings. The molecule has 0 radical (unpaired) electrons. The second-order valence-corrected chi connectivity index (χ2v) is 5.58. The molecule has 0 heterocycles. The molecule has 1 aromatic carbocycles. The first-order valence-corrected chi connectivity index (χ1v) is 5.98. The van der Waals surface area contributed by atoms with Crippen LogP contribution in [0.25, 0.3) is 0 Å². The smallest absolute Gasteiger partial charge is 0.332 e. The minimum absolute atomic E-state index is 0.145. The lowest BCUT2D eigenvalue weighted by Gasteiger charge is -2.24. The van der Waals surface area contributed by atoms with Crippen molar-refractivity contribution in [3.05, 3.63) is 30.3 Å². The van der Waals surface area contributed by atoms with Crippen molar-refractivity contribution in [2.75, 3.05) is 5.32 Å². The number of hydrogen-bond acceptors (Lipinski definition) is 3. The molecule has 0 saturated heterocycles. The topological polar surface area (TPSA) is 38.3 Å². The first-order chi connectivity index (χ1) is 7.91. The van der Waals surface area contributed by atoms with E-state index in [0.29, 0.717) is 0 Å². The van der Waals surface area contributed by atoms with E-state index in [-0.39, 0.29) is 5.97 Å².